The number of carbonyl (C=O) groups is 3. The van der Waals surface area contributed by atoms with Crippen molar-refractivity contribution in [2.75, 3.05) is 6.61 Å². The molecule has 106 valence electrons. The number of ketones is 2. The molecule has 1 atom stereocenters. The standard InChI is InChI=1S/C10H7NO2.C3H7NO3/c11-8-5-9(12)6-3-1-2-4-7(6)10(8)13;4-2(1-5)3(6)7/h1-4,11H,5H2;2,5H,1,4H2,(H,6,7)/t;2-/m.0/s1. The molecule has 0 saturated heterocycles. The van der Waals surface area contributed by atoms with Gasteiger partial charge in [-0.1, -0.05) is 24.3 Å². The van der Waals surface area contributed by atoms with Crippen LogP contribution in [-0.4, -0.2) is 46.1 Å². The van der Waals surface area contributed by atoms with Crippen LogP contribution in [0.25, 0.3) is 0 Å². The summed E-state index contributed by atoms with van der Waals surface area (Å²) in [6.07, 6.45) is -0.0597. The van der Waals surface area contributed by atoms with E-state index in [0.717, 1.165) is 0 Å². The third-order valence-electron chi connectivity index (χ3n) is 2.60. The summed E-state index contributed by atoms with van der Waals surface area (Å²) in [4.78, 5) is 32.4. The molecule has 1 aliphatic rings. The first-order valence-corrected chi connectivity index (χ1v) is 5.72. The Labute approximate surface area is 114 Å². The minimum atomic E-state index is -1.18. The molecule has 0 radical (unpaired) electrons. The number of nitrogens with one attached hydrogen (secondary N) is 1. The molecule has 20 heavy (non-hydrogen) atoms. The van der Waals surface area contributed by atoms with Crippen molar-refractivity contribution in [2.24, 2.45) is 5.73 Å². The maximum atomic E-state index is 11.4. The van der Waals surface area contributed by atoms with E-state index in [1.54, 1.807) is 24.3 Å². The van der Waals surface area contributed by atoms with E-state index < -0.39 is 18.6 Å². The van der Waals surface area contributed by atoms with Crippen molar-refractivity contribution in [1.82, 2.24) is 0 Å². The number of aliphatic hydroxyl groups is 1. The average molecular weight is 278 g/mol. The summed E-state index contributed by atoms with van der Waals surface area (Å²) >= 11 is 0. The Morgan fingerprint density at radius 3 is 2.30 bits per heavy atom. The van der Waals surface area contributed by atoms with Crippen LogP contribution in [0.2, 0.25) is 0 Å². The second-order valence-electron chi connectivity index (χ2n) is 4.08. The van der Waals surface area contributed by atoms with Crippen molar-refractivity contribution in [2.45, 2.75) is 12.5 Å². The number of carbonyl (C=O) groups excluding carboxylic acids is 2. The molecule has 0 aliphatic heterocycles. The third kappa shape index (κ3) is 3.56. The maximum Gasteiger partial charge on any atom is 0.322 e. The minimum absolute atomic E-state index is 0.0597. The van der Waals surface area contributed by atoms with Crippen LogP contribution in [0, 0.1) is 5.41 Å². The van der Waals surface area contributed by atoms with Gasteiger partial charge in [-0.2, -0.15) is 0 Å². The van der Waals surface area contributed by atoms with E-state index in [0.29, 0.717) is 11.1 Å². The summed E-state index contributed by atoms with van der Waals surface area (Å²) in [5.74, 6) is -1.64. The molecular weight excluding hydrogens is 264 g/mol. The zero-order valence-corrected chi connectivity index (χ0v) is 10.5. The van der Waals surface area contributed by atoms with Crippen LogP contribution in [0.3, 0.4) is 0 Å². The van der Waals surface area contributed by atoms with Gasteiger partial charge >= 0.3 is 5.97 Å². The van der Waals surface area contributed by atoms with Crippen LogP contribution >= 0.6 is 0 Å². The molecule has 0 fully saturated rings. The number of carboxylic acid groups (broad SMARTS) is 1. The Morgan fingerprint density at radius 1 is 1.30 bits per heavy atom. The van der Waals surface area contributed by atoms with E-state index in [-0.39, 0.29) is 23.7 Å². The molecule has 0 saturated carbocycles. The fourth-order valence-corrected chi connectivity index (χ4v) is 1.50. The molecule has 7 heteroatoms. The highest BCUT2D eigenvalue weighted by Gasteiger charge is 2.27. The number of nitrogens with two attached hydrogens (primary N) is 1. The molecule has 1 aromatic rings. The Hall–Kier alpha value is -2.38. The normalized spacial score (nSPS) is 15.0. The zero-order valence-electron chi connectivity index (χ0n) is 10.5. The van der Waals surface area contributed by atoms with Gasteiger partial charge in [0.05, 0.1) is 18.7 Å². The number of hydrogen-bond acceptors (Lipinski definition) is 6. The van der Waals surface area contributed by atoms with Crippen LogP contribution in [0.5, 0.6) is 0 Å². The van der Waals surface area contributed by atoms with Crippen molar-refractivity contribution in [1.29, 1.82) is 5.41 Å². The molecule has 7 nitrogen and oxygen atoms in total. The van der Waals surface area contributed by atoms with Crippen LogP contribution in [0.1, 0.15) is 27.1 Å². The monoisotopic (exact) mass is 278 g/mol. The van der Waals surface area contributed by atoms with Gasteiger partial charge in [0.25, 0.3) is 0 Å². The van der Waals surface area contributed by atoms with Crippen molar-refractivity contribution in [3.05, 3.63) is 35.4 Å². The maximum absolute atomic E-state index is 11.4. The number of Topliss-reactive ketones (excluding diaryl/α,β-unsaturated/α-hetero) is 2. The number of carboxylic acids is 1. The predicted octanol–water partition coefficient (Wildman–Crippen LogP) is -0.134. The van der Waals surface area contributed by atoms with Gasteiger partial charge in [0, 0.05) is 11.1 Å². The fourth-order valence-electron chi connectivity index (χ4n) is 1.50. The average Bonchev–Trinajstić information content (AvgIpc) is 2.44. The van der Waals surface area contributed by atoms with Gasteiger partial charge in [0.2, 0.25) is 5.78 Å². The fraction of sp³-hybridized carbons (Fsp3) is 0.231. The first kappa shape index (κ1) is 15.7. The summed E-state index contributed by atoms with van der Waals surface area (Å²) < 4.78 is 0. The van der Waals surface area contributed by atoms with Gasteiger partial charge in [0.1, 0.15) is 6.04 Å². The molecule has 0 spiro atoms. The summed E-state index contributed by atoms with van der Waals surface area (Å²) in [7, 11) is 0. The Kier molecular flexibility index (Phi) is 5.24. The molecule has 5 N–H and O–H groups in total. The molecule has 0 amide bonds. The van der Waals surface area contributed by atoms with Gasteiger partial charge in [-0.15, -0.1) is 0 Å². The molecule has 0 bridgehead atoms. The lowest BCUT2D eigenvalue weighted by Gasteiger charge is -2.13. The Morgan fingerprint density at radius 2 is 1.85 bits per heavy atom. The van der Waals surface area contributed by atoms with Crippen molar-refractivity contribution in [3.8, 4) is 0 Å². The number of benzene rings is 1. The van der Waals surface area contributed by atoms with Gasteiger partial charge in [-0.05, 0) is 0 Å². The highest BCUT2D eigenvalue weighted by Crippen LogP contribution is 2.18. The van der Waals surface area contributed by atoms with E-state index in [2.05, 4.69) is 0 Å². The van der Waals surface area contributed by atoms with Gasteiger partial charge < -0.3 is 21.4 Å². The summed E-state index contributed by atoms with van der Waals surface area (Å²) in [5.41, 5.74) is 5.47. The predicted molar refractivity (Wildman–Crippen MR) is 70.1 cm³/mol. The lowest BCUT2D eigenvalue weighted by atomic mass is 9.88. The van der Waals surface area contributed by atoms with Crippen LogP contribution < -0.4 is 5.73 Å². The summed E-state index contributed by atoms with van der Waals surface area (Å²) in [5, 5.41) is 23.2. The van der Waals surface area contributed by atoms with Gasteiger partial charge in [-0.3, -0.25) is 14.4 Å². The molecular formula is C13H14N2O5. The largest absolute Gasteiger partial charge is 0.480 e. The van der Waals surface area contributed by atoms with Crippen molar-refractivity contribution in [3.63, 3.8) is 0 Å². The highest BCUT2D eigenvalue weighted by molar-refractivity contribution is 6.51. The second kappa shape index (κ2) is 6.69. The topological polar surface area (TPSA) is 142 Å². The molecule has 0 heterocycles. The minimum Gasteiger partial charge on any atom is -0.480 e. The SMILES string of the molecule is N=C1CC(=O)c2ccccc2C1=O.N[C@@H](CO)C(=O)O. The number of aliphatic carboxylic acids is 1. The molecule has 1 aliphatic carbocycles. The van der Waals surface area contributed by atoms with Crippen LogP contribution in [0.4, 0.5) is 0 Å². The van der Waals surface area contributed by atoms with Crippen LogP contribution in [-0.2, 0) is 4.79 Å². The van der Waals surface area contributed by atoms with Crippen molar-refractivity contribution < 1.29 is 24.6 Å². The summed E-state index contributed by atoms with van der Waals surface area (Å²) in [6.45, 7) is -0.505. The molecule has 2 rings (SSSR count). The van der Waals surface area contributed by atoms with Crippen LogP contribution in [0.15, 0.2) is 24.3 Å². The number of rotatable bonds is 2. The molecule has 1 aromatic carbocycles. The quantitative estimate of drug-likeness (QED) is 0.593. The van der Waals surface area contributed by atoms with E-state index >= 15 is 0 Å². The first-order chi connectivity index (χ1) is 9.38. The van der Waals surface area contributed by atoms with E-state index in [1.165, 1.54) is 0 Å². The first-order valence-electron chi connectivity index (χ1n) is 5.72. The van der Waals surface area contributed by atoms with E-state index in [4.69, 9.17) is 21.4 Å². The smallest absolute Gasteiger partial charge is 0.322 e. The van der Waals surface area contributed by atoms with Crippen molar-refractivity contribution >= 4 is 23.2 Å². The highest BCUT2D eigenvalue weighted by atomic mass is 16.4. The van der Waals surface area contributed by atoms with E-state index in [9.17, 15) is 14.4 Å². The summed E-state index contributed by atoms with van der Waals surface area (Å²) in [6, 6.07) is 5.51. The second-order valence-corrected chi connectivity index (χ2v) is 4.08. The number of aliphatic hydroxyl groups excluding tert-OH is 1. The number of fused-ring (bicyclic) bond motifs is 1. The zero-order chi connectivity index (χ0) is 15.3. The Balaban J connectivity index is 0.000000246. The van der Waals surface area contributed by atoms with Gasteiger partial charge in [0.15, 0.2) is 5.78 Å². The van der Waals surface area contributed by atoms with E-state index in [1.807, 2.05) is 0 Å². The Bertz CT molecular complexity index is 568. The number of hydrogen-bond donors (Lipinski definition) is 4. The molecule has 0 unspecified atom stereocenters. The third-order valence-corrected chi connectivity index (χ3v) is 2.60. The lowest BCUT2D eigenvalue weighted by Crippen LogP contribution is -2.33. The molecule has 0 aromatic heterocycles. The lowest BCUT2D eigenvalue weighted by molar-refractivity contribution is -0.139. The van der Waals surface area contributed by atoms with Gasteiger partial charge in [-0.25, -0.2) is 0 Å².